The summed E-state index contributed by atoms with van der Waals surface area (Å²) in [4.78, 5) is 40.2. The molecule has 6 nitrogen and oxygen atoms in total. The highest BCUT2D eigenvalue weighted by Gasteiger charge is 2.43. The van der Waals surface area contributed by atoms with Gasteiger partial charge in [0.15, 0.2) is 0 Å². The summed E-state index contributed by atoms with van der Waals surface area (Å²) in [5.41, 5.74) is 1.56. The van der Waals surface area contributed by atoms with Crippen molar-refractivity contribution in [3.63, 3.8) is 0 Å². The lowest BCUT2D eigenvalue weighted by Gasteiger charge is -2.26. The first-order valence-corrected chi connectivity index (χ1v) is 8.83. The summed E-state index contributed by atoms with van der Waals surface area (Å²) in [7, 11) is 1.55. The van der Waals surface area contributed by atoms with E-state index in [1.807, 2.05) is 30.3 Å². The minimum Gasteiger partial charge on any atom is -0.497 e. The third-order valence-electron chi connectivity index (χ3n) is 4.72. The number of rotatable bonds is 6. The normalized spacial score (nSPS) is 16.5. The van der Waals surface area contributed by atoms with Gasteiger partial charge in [0, 0.05) is 13.5 Å². The number of hydrogen-bond acceptors (Lipinski definition) is 4. The number of nitrogens with zero attached hydrogens (tertiary/aromatic N) is 2. The molecule has 0 unspecified atom stereocenters. The van der Waals surface area contributed by atoms with Gasteiger partial charge in [-0.15, -0.1) is 0 Å². The fourth-order valence-corrected chi connectivity index (χ4v) is 3.29. The summed E-state index contributed by atoms with van der Waals surface area (Å²) in [5, 5.41) is 0. The Labute approximate surface area is 158 Å². The number of hydrogen-bond donors (Lipinski definition) is 0. The molecule has 0 aliphatic carbocycles. The van der Waals surface area contributed by atoms with Crippen LogP contribution in [0.25, 0.3) is 0 Å². The molecule has 1 aliphatic heterocycles. The van der Waals surface area contributed by atoms with E-state index in [4.69, 9.17) is 4.74 Å². The third kappa shape index (κ3) is 4.00. The summed E-state index contributed by atoms with van der Waals surface area (Å²) in [6.45, 7) is 1.82. The zero-order valence-corrected chi connectivity index (χ0v) is 15.4. The quantitative estimate of drug-likeness (QED) is 0.737. The van der Waals surface area contributed by atoms with Gasteiger partial charge in [0.25, 0.3) is 5.91 Å². The number of imide groups is 1. The van der Waals surface area contributed by atoms with E-state index in [1.54, 1.807) is 31.4 Å². The van der Waals surface area contributed by atoms with Gasteiger partial charge in [0.05, 0.1) is 19.2 Å². The van der Waals surface area contributed by atoms with Gasteiger partial charge in [-0.1, -0.05) is 30.3 Å². The van der Waals surface area contributed by atoms with Crippen LogP contribution in [0.5, 0.6) is 5.75 Å². The molecule has 1 saturated heterocycles. The molecule has 1 aliphatic rings. The standard InChI is InChI=1S/C21H22N2O4/c1-15(24)22(13-12-16-6-4-3-5-7-16)19-14-20(25)23(21(19)26)17-8-10-18(27-2)11-9-17/h3-11,19H,12-14H2,1-2H3/t19-/m0/s1. The topological polar surface area (TPSA) is 66.9 Å². The van der Waals surface area contributed by atoms with Crippen molar-refractivity contribution in [3.05, 3.63) is 60.2 Å². The van der Waals surface area contributed by atoms with Crippen LogP contribution in [0.1, 0.15) is 18.9 Å². The second-order valence-corrected chi connectivity index (χ2v) is 6.43. The molecular weight excluding hydrogens is 344 g/mol. The van der Waals surface area contributed by atoms with Crippen LogP contribution in [0.3, 0.4) is 0 Å². The van der Waals surface area contributed by atoms with Crippen molar-refractivity contribution in [1.29, 1.82) is 0 Å². The Morgan fingerprint density at radius 2 is 1.78 bits per heavy atom. The predicted molar refractivity (Wildman–Crippen MR) is 101 cm³/mol. The van der Waals surface area contributed by atoms with Crippen LogP contribution in [0.15, 0.2) is 54.6 Å². The van der Waals surface area contributed by atoms with Crippen molar-refractivity contribution in [3.8, 4) is 5.75 Å². The molecule has 0 radical (unpaired) electrons. The lowest BCUT2D eigenvalue weighted by atomic mass is 10.1. The Morgan fingerprint density at radius 1 is 1.11 bits per heavy atom. The Balaban J connectivity index is 1.76. The van der Waals surface area contributed by atoms with E-state index in [0.29, 0.717) is 24.4 Å². The molecule has 1 fully saturated rings. The van der Waals surface area contributed by atoms with Crippen molar-refractivity contribution in [2.45, 2.75) is 25.8 Å². The highest BCUT2D eigenvalue weighted by molar-refractivity contribution is 6.23. The van der Waals surface area contributed by atoms with E-state index in [0.717, 1.165) is 10.5 Å². The van der Waals surface area contributed by atoms with Crippen molar-refractivity contribution < 1.29 is 19.1 Å². The molecule has 3 amide bonds. The van der Waals surface area contributed by atoms with Gasteiger partial charge in [0.1, 0.15) is 11.8 Å². The number of amides is 3. The second-order valence-electron chi connectivity index (χ2n) is 6.43. The SMILES string of the molecule is COc1ccc(N2C(=O)C[C@H](N(CCc3ccccc3)C(C)=O)C2=O)cc1. The fraction of sp³-hybridized carbons (Fsp3) is 0.286. The molecule has 0 N–H and O–H groups in total. The summed E-state index contributed by atoms with van der Waals surface area (Å²) in [5.74, 6) is -0.245. The van der Waals surface area contributed by atoms with Crippen molar-refractivity contribution in [1.82, 2.24) is 4.90 Å². The zero-order chi connectivity index (χ0) is 19.4. The maximum absolute atomic E-state index is 12.9. The van der Waals surface area contributed by atoms with Gasteiger partial charge in [-0.3, -0.25) is 14.4 Å². The van der Waals surface area contributed by atoms with Gasteiger partial charge >= 0.3 is 0 Å². The van der Waals surface area contributed by atoms with E-state index in [1.165, 1.54) is 11.8 Å². The zero-order valence-electron chi connectivity index (χ0n) is 15.4. The molecule has 2 aromatic carbocycles. The first-order chi connectivity index (χ1) is 13.0. The van der Waals surface area contributed by atoms with Crippen LogP contribution in [0.2, 0.25) is 0 Å². The van der Waals surface area contributed by atoms with Gasteiger partial charge in [-0.2, -0.15) is 0 Å². The number of ether oxygens (including phenoxy) is 1. The van der Waals surface area contributed by atoms with E-state index in [-0.39, 0.29) is 24.1 Å². The average Bonchev–Trinajstić information content (AvgIpc) is 2.97. The molecule has 2 aromatic rings. The molecule has 0 bridgehead atoms. The number of carbonyl (C=O) groups excluding carboxylic acids is 3. The molecule has 1 atom stereocenters. The van der Waals surface area contributed by atoms with Gasteiger partial charge in [-0.25, -0.2) is 4.90 Å². The van der Waals surface area contributed by atoms with E-state index in [9.17, 15) is 14.4 Å². The Bertz CT molecular complexity index is 833. The van der Waals surface area contributed by atoms with Crippen LogP contribution >= 0.6 is 0 Å². The molecule has 0 spiro atoms. The predicted octanol–water partition coefficient (Wildman–Crippen LogP) is 2.42. The average molecular weight is 366 g/mol. The van der Waals surface area contributed by atoms with E-state index in [2.05, 4.69) is 0 Å². The summed E-state index contributed by atoms with van der Waals surface area (Å²) < 4.78 is 5.11. The number of benzene rings is 2. The number of anilines is 1. The third-order valence-corrected chi connectivity index (χ3v) is 4.72. The maximum atomic E-state index is 12.9. The number of methoxy groups -OCH3 is 1. The second kappa shape index (κ2) is 8.03. The molecular formula is C21H22N2O4. The maximum Gasteiger partial charge on any atom is 0.257 e. The van der Waals surface area contributed by atoms with E-state index >= 15 is 0 Å². The highest BCUT2D eigenvalue weighted by atomic mass is 16.5. The van der Waals surface area contributed by atoms with Crippen molar-refractivity contribution in [2.75, 3.05) is 18.6 Å². The van der Waals surface area contributed by atoms with Crippen LogP contribution in [-0.2, 0) is 20.8 Å². The van der Waals surface area contributed by atoms with Gasteiger partial charge < -0.3 is 9.64 Å². The molecule has 3 rings (SSSR count). The minimum atomic E-state index is -0.763. The molecule has 140 valence electrons. The van der Waals surface area contributed by atoms with Crippen LogP contribution < -0.4 is 9.64 Å². The summed E-state index contributed by atoms with van der Waals surface area (Å²) in [6, 6.07) is 15.7. The Hall–Kier alpha value is -3.15. The van der Waals surface area contributed by atoms with Crippen molar-refractivity contribution >= 4 is 23.4 Å². The van der Waals surface area contributed by atoms with Gasteiger partial charge in [-0.05, 0) is 36.2 Å². The summed E-state index contributed by atoms with van der Waals surface area (Å²) >= 11 is 0. The van der Waals surface area contributed by atoms with Crippen LogP contribution in [0.4, 0.5) is 5.69 Å². The molecule has 0 aromatic heterocycles. The minimum absolute atomic E-state index is 0.000762. The van der Waals surface area contributed by atoms with Crippen LogP contribution in [0, 0.1) is 0 Å². The lowest BCUT2D eigenvalue weighted by molar-refractivity contribution is -0.136. The number of carbonyl (C=O) groups is 3. The monoisotopic (exact) mass is 366 g/mol. The van der Waals surface area contributed by atoms with Crippen LogP contribution in [-0.4, -0.2) is 42.3 Å². The molecule has 6 heteroatoms. The Morgan fingerprint density at radius 3 is 2.37 bits per heavy atom. The van der Waals surface area contributed by atoms with Crippen molar-refractivity contribution in [2.24, 2.45) is 0 Å². The van der Waals surface area contributed by atoms with Gasteiger partial charge in [0.2, 0.25) is 11.8 Å². The smallest absolute Gasteiger partial charge is 0.257 e. The molecule has 0 saturated carbocycles. The fourth-order valence-electron chi connectivity index (χ4n) is 3.29. The lowest BCUT2D eigenvalue weighted by Crippen LogP contribution is -2.45. The Kier molecular flexibility index (Phi) is 5.54. The highest BCUT2D eigenvalue weighted by Crippen LogP contribution is 2.27. The first kappa shape index (κ1) is 18.6. The largest absolute Gasteiger partial charge is 0.497 e. The molecule has 1 heterocycles. The summed E-state index contributed by atoms with van der Waals surface area (Å²) in [6.07, 6.45) is 0.625. The van der Waals surface area contributed by atoms with E-state index < -0.39 is 6.04 Å². The molecule has 27 heavy (non-hydrogen) atoms. The first-order valence-electron chi connectivity index (χ1n) is 8.83.